The highest BCUT2D eigenvalue weighted by Crippen LogP contribution is 2.41. The number of hydrogen-bond donors (Lipinski definition) is 2. The van der Waals surface area contributed by atoms with Gasteiger partial charge in [-0.15, -0.1) is 11.3 Å². The number of sulfonamides is 1. The number of fused-ring (bicyclic) bond motifs is 3. The maximum atomic E-state index is 16.6. The van der Waals surface area contributed by atoms with Gasteiger partial charge in [-0.3, -0.25) is 4.79 Å². The van der Waals surface area contributed by atoms with E-state index in [1.807, 2.05) is 6.07 Å². The van der Waals surface area contributed by atoms with Crippen LogP contribution in [-0.4, -0.2) is 49.5 Å². The van der Waals surface area contributed by atoms with E-state index in [1.165, 1.54) is 52.6 Å². The molecular weight excluding hydrogens is 664 g/mol. The third kappa shape index (κ3) is 6.53. The third-order valence-electron chi connectivity index (χ3n) is 9.73. The zero-order valence-electron chi connectivity index (χ0n) is 25.6. The first-order valence-corrected chi connectivity index (χ1v) is 18.7. The van der Waals surface area contributed by atoms with Crippen molar-refractivity contribution in [2.24, 2.45) is 5.73 Å². The fourth-order valence-corrected chi connectivity index (χ4v) is 9.64. The Bertz CT molecular complexity index is 1880. The van der Waals surface area contributed by atoms with Crippen molar-refractivity contribution >= 4 is 49.6 Å². The molecule has 0 radical (unpaired) electrons. The Hall–Kier alpha value is -3.09. The van der Waals surface area contributed by atoms with Crippen LogP contribution in [0.5, 0.6) is 5.75 Å². The Morgan fingerprint density at radius 1 is 0.936 bits per heavy atom. The average molecular weight is 700 g/mol. The number of nitrogens with one attached hydrogen (secondary N) is 1. The van der Waals surface area contributed by atoms with Gasteiger partial charge in [-0.25, -0.2) is 8.42 Å². The van der Waals surface area contributed by atoms with Crippen molar-refractivity contribution in [1.82, 2.24) is 9.62 Å². The molecule has 7 rings (SSSR count). The minimum absolute atomic E-state index is 0.132. The van der Waals surface area contributed by atoms with Crippen molar-refractivity contribution in [2.75, 3.05) is 0 Å². The standard InChI is InChI=1S/C35H36ClF2N3O4S2/c36-32-16-15-31(46-32)21-5-9-24(10-6-21)35(37,38)33(34(42)41-26-11-12-27(41)20-25(39)19-26)40-47(43,44)30-14-8-22-17-29(13-7-23(22)18-30)45-28-3-1-2-4-28/h5-10,13-18,25-28,33,40H,1-4,11-12,19-20,39H2/t25?,26?,27?,33-/m0/s1. The Morgan fingerprint density at radius 3 is 2.26 bits per heavy atom. The van der Waals surface area contributed by atoms with Gasteiger partial charge in [0.2, 0.25) is 15.9 Å². The topological polar surface area (TPSA) is 102 Å². The van der Waals surface area contributed by atoms with Crippen molar-refractivity contribution in [3.05, 3.63) is 82.7 Å². The van der Waals surface area contributed by atoms with Crippen LogP contribution in [0.1, 0.15) is 56.9 Å². The normalized spacial score (nSPS) is 22.6. The van der Waals surface area contributed by atoms with Crippen LogP contribution in [0, 0.1) is 0 Å². The SMILES string of the molecule is NC1CC2CCC(C1)N2C(=O)[C@H](NS(=O)(=O)c1ccc2cc(OC3CCCC3)ccc2c1)C(F)(F)c1ccc(-c2ccc(Cl)s2)cc1. The van der Waals surface area contributed by atoms with E-state index in [2.05, 4.69) is 4.72 Å². The predicted octanol–water partition coefficient (Wildman–Crippen LogP) is 7.46. The first kappa shape index (κ1) is 32.5. The fraction of sp³-hybridized carbons (Fsp3) is 0.400. The molecule has 4 aromatic rings. The summed E-state index contributed by atoms with van der Waals surface area (Å²) in [6.45, 7) is 0. The molecule has 1 amide bonds. The largest absolute Gasteiger partial charge is 0.490 e. The molecule has 2 bridgehead atoms. The number of thiophene rings is 1. The van der Waals surface area contributed by atoms with E-state index in [-0.39, 0.29) is 29.1 Å². The molecule has 2 saturated heterocycles. The summed E-state index contributed by atoms with van der Waals surface area (Å²) >= 11 is 7.38. The van der Waals surface area contributed by atoms with Crippen molar-refractivity contribution in [1.29, 1.82) is 0 Å². The molecule has 1 saturated carbocycles. The molecule has 1 aliphatic carbocycles. The minimum Gasteiger partial charge on any atom is -0.490 e. The second-order valence-corrected chi connectivity index (χ2v) is 16.3. The minimum atomic E-state index is -4.57. The van der Waals surface area contributed by atoms with Crippen LogP contribution in [-0.2, 0) is 20.7 Å². The summed E-state index contributed by atoms with van der Waals surface area (Å²) in [7, 11) is -4.57. The molecule has 0 spiro atoms. The van der Waals surface area contributed by atoms with Crippen LogP contribution in [0.3, 0.4) is 0 Å². The van der Waals surface area contributed by atoms with Gasteiger partial charge in [-0.05, 0) is 104 Å². The molecular formula is C35H36ClF2N3O4S2. The number of carbonyl (C=O) groups is 1. The summed E-state index contributed by atoms with van der Waals surface area (Å²) in [6, 6.07) is 15.7. The van der Waals surface area contributed by atoms with Crippen LogP contribution >= 0.6 is 22.9 Å². The van der Waals surface area contributed by atoms with Gasteiger partial charge in [0.05, 0.1) is 15.3 Å². The molecule has 47 heavy (non-hydrogen) atoms. The van der Waals surface area contributed by atoms with Gasteiger partial charge >= 0.3 is 0 Å². The van der Waals surface area contributed by atoms with Gasteiger partial charge in [0.1, 0.15) is 5.75 Å². The molecule has 3 aromatic carbocycles. The lowest BCUT2D eigenvalue weighted by Gasteiger charge is -2.41. The Labute approximate surface area is 282 Å². The highest BCUT2D eigenvalue weighted by Gasteiger charge is 2.53. The molecule has 3 heterocycles. The molecule has 2 unspecified atom stereocenters. The molecule has 7 nitrogen and oxygen atoms in total. The first-order valence-electron chi connectivity index (χ1n) is 16.0. The second kappa shape index (κ2) is 12.7. The van der Waals surface area contributed by atoms with Gasteiger partial charge < -0.3 is 15.4 Å². The number of alkyl halides is 2. The lowest BCUT2D eigenvalue weighted by molar-refractivity contribution is -0.149. The smallest absolute Gasteiger partial charge is 0.298 e. The number of halogens is 3. The van der Waals surface area contributed by atoms with Crippen LogP contribution in [0.2, 0.25) is 4.34 Å². The second-order valence-electron chi connectivity index (χ2n) is 12.9. The summed E-state index contributed by atoms with van der Waals surface area (Å²) in [5.74, 6) is -4.12. The van der Waals surface area contributed by atoms with Gasteiger partial charge in [-0.1, -0.05) is 48.0 Å². The molecule has 3 N–H and O–H groups in total. The van der Waals surface area contributed by atoms with Crippen LogP contribution in [0.25, 0.3) is 21.2 Å². The zero-order valence-corrected chi connectivity index (χ0v) is 28.0. The van der Waals surface area contributed by atoms with Crippen molar-refractivity contribution in [3.8, 4) is 16.2 Å². The molecule has 248 valence electrons. The molecule has 12 heteroatoms. The quantitative estimate of drug-likeness (QED) is 0.189. The predicted molar refractivity (Wildman–Crippen MR) is 180 cm³/mol. The van der Waals surface area contributed by atoms with Gasteiger partial charge in [0.25, 0.3) is 5.92 Å². The number of piperidine rings is 1. The zero-order chi connectivity index (χ0) is 32.9. The van der Waals surface area contributed by atoms with Gasteiger partial charge in [0.15, 0.2) is 6.04 Å². The molecule has 3 atom stereocenters. The summed E-state index contributed by atoms with van der Waals surface area (Å²) < 4.78 is 69.7. The number of rotatable bonds is 9. The Balaban J connectivity index is 1.20. The van der Waals surface area contributed by atoms with E-state index < -0.39 is 33.5 Å². The summed E-state index contributed by atoms with van der Waals surface area (Å²) in [6.07, 6.45) is 6.72. The lowest BCUT2D eigenvalue weighted by Crippen LogP contribution is -2.60. The number of nitrogens with two attached hydrogens (primary N) is 1. The maximum absolute atomic E-state index is 16.6. The molecule has 3 aliphatic rings. The van der Waals surface area contributed by atoms with Crippen molar-refractivity contribution < 1.29 is 26.7 Å². The van der Waals surface area contributed by atoms with Crippen LogP contribution in [0.15, 0.2) is 77.7 Å². The number of benzene rings is 3. The maximum Gasteiger partial charge on any atom is 0.298 e. The number of hydrogen-bond acceptors (Lipinski definition) is 6. The Kier molecular flexibility index (Phi) is 8.80. The first-order chi connectivity index (χ1) is 22.5. The Morgan fingerprint density at radius 2 is 1.60 bits per heavy atom. The lowest BCUT2D eigenvalue weighted by atomic mass is 9.94. The van der Waals surface area contributed by atoms with E-state index >= 15 is 8.78 Å². The highest BCUT2D eigenvalue weighted by atomic mass is 35.5. The van der Waals surface area contributed by atoms with E-state index in [9.17, 15) is 13.2 Å². The third-order valence-corrected chi connectivity index (χ3v) is 12.4. The van der Waals surface area contributed by atoms with E-state index in [0.717, 1.165) is 35.9 Å². The van der Waals surface area contributed by atoms with E-state index in [1.54, 1.807) is 30.3 Å². The van der Waals surface area contributed by atoms with Crippen molar-refractivity contribution in [2.45, 2.75) is 92.5 Å². The van der Waals surface area contributed by atoms with Gasteiger partial charge in [-0.2, -0.15) is 13.5 Å². The van der Waals surface area contributed by atoms with E-state index in [4.69, 9.17) is 22.1 Å². The molecule has 3 fully saturated rings. The number of amides is 1. The summed E-state index contributed by atoms with van der Waals surface area (Å²) in [5, 5.41) is 1.36. The summed E-state index contributed by atoms with van der Waals surface area (Å²) in [4.78, 5) is 16.2. The number of carbonyl (C=O) groups excluding carboxylic acids is 1. The number of nitrogens with zero attached hydrogens (tertiary/aromatic N) is 1. The molecule has 2 aliphatic heterocycles. The summed E-state index contributed by atoms with van der Waals surface area (Å²) in [5.41, 5.74) is 6.40. The fourth-order valence-electron chi connectivity index (χ4n) is 7.36. The number of ether oxygens (including phenoxy) is 1. The molecule has 1 aromatic heterocycles. The van der Waals surface area contributed by atoms with Gasteiger partial charge in [0, 0.05) is 28.6 Å². The van der Waals surface area contributed by atoms with Crippen LogP contribution < -0.4 is 15.2 Å². The average Bonchev–Trinajstić information content (AvgIpc) is 3.79. The van der Waals surface area contributed by atoms with Crippen molar-refractivity contribution in [3.63, 3.8) is 0 Å². The highest BCUT2D eigenvalue weighted by molar-refractivity contribution is 7.89. The monoisotopic (exact) mass is 699 g/mol. The van der Waals surface area contributed by atoms with Crippen LogP contribution in [0.4, 0.5) is 8.78 Å². The van der Waals surface area contributed by atoms with E-state index in [0.29, 0.717) is 46.7 Å².